The van der Waals surface area contributed by atoms with E-state index in [9.17, 15) is 13.2 Å². The number of benzene rings is 1. The summed E-state index contributed by atoms with van der Waals surface area (Å²) < 4.78 is 28.1. The van der Waals surface area contributed by atoms with Crippen LogP contribution in [0.3, 0.4) is 0 Å². The summed E-state index contributed by atoms with van der Waals surface area (Å²) >= 11 is 0. The molecule has 3 heterocycles. The fourth-order valence-corrected chi connectivity index (χ4v) is 6.28. The van der Waals surface area contributed by atoms with E-state index >= 15 is 0 Å². The van der Waals surface area contributed by atoms with Gasteiger partial charge in [-0.15, -0.1) is 0 Å². The number of likely N-dealkylation sites (tertiary alicyclic amines) is 1. The molecule has 6 nitrogen and oxygen atoms in total. The molecule has 3 aliphatic heterocycles. The fraction of sp³-hybridized carbons (Fsp3) is 0.667. The topological polar surface area (TPSA) is 60.9 Å². The molecule has 0 aliphatic carbocycles. The average Bonchev–Trinajstić information content (AvgIpc) is 2.97. The lowest BCUT2D eigenvalue weighted by atomic mass is 10.1. The molecule has 0 spiro atoms. The molecule has 0 bridgehead atoms. The first kappa shape index (κ1) is 19.9. The van der Waals surface area contributed by atoms with Gasteiger partial charge in [0.25, 0.3) is 0 Å². The monoisotopic (exact) mass is 405 g/mol. The van der Waals surface area contributed by atoms with Crippen molar-refractivity contribution in [2.24, 2.45) is 0 Å². The van der Waals surface area contributed by atoms with E-state index in [1.165, 1.54) is 25.7 Å². The number of anilines is 1. The molecule has 3 saturated heterocycles. The van der Waals surface area contributed by atoms with Crippen LogP contribution in [0.25, 0.3) is 0 Å². The van der Waals surface area contributed by atoms with E-state index in [4.69, 9.17) is 0 Å². The van der Waals surface area contributed by atoms with Crippen LogP contribution in [0, 0.1) is 0 Å². The van der Waals surface area contributed by atoms with Gasteiger partial charge in [-0.25, -0.2) is 8.42 Å². The highest BCUT2D eigenvalue weighted by Gasteiger charge is 2.33. The van der Waals surface area contributed by atoms with Gasteiger partial charge in [-0.3, -0.25) is 9.69 Å². The van der Waals surface area contributed by atoms with E-state index < -0.39 is 10.0 Å². The van der Waals surface area contributed by atoms with Crippen molar-refractivity contribution in [3.63, 3.8) is 0 Å². The summed E-state index contributed by atoms with van der Waals surface area (Å²) in [5.41, 5.74) is 0.794. The molecule has 7 heteroatoms. The zero-order chi connectivity index (χ0) is 19.6. The predicted octanol–water partition coefficient (Wildman–Crippen LogP) is 2.84. The first-order chi connectivity index (χ1) is 13.6. The Morgan fingerprint density at radius 1 is 0.821 bits per heavy atom. The summed E-state index contributed by atoms with van der Waals surface area (Å²) in [5, 5.41) is 0. The predicted molar refractivity (Wildman–Crippen MR) is 110 cm³/mol. The zero-order valence-corrected chi connectivity index (χ0v) is 17.4. The van der Waals surface area contributed by atoms with Gasteiger partial charge >= 0.3 is 0 Å². The van der Waals surface area contributed by atoms with Crippen molar-refractivity contribution >= 4 is 21.6 Å². The third-order valence-corrected chi connectivity index (χ3v) is 8.26. The number of sulfonamides is 1. The minimum Gasteiger partial charge on any atom is -0.312 e. The van der Waals surface area contributed by atoms with E-state index in [1.807, 2.05) is 0 Å². The Balaban J connectivity index is 1.47. The summed E-state index contributed by atoms with van der Waals surface area (Å²) in [4.78, 5) is 16.5. The summed E-state index contributed by atoms with van der Waals surface area (Å²) in [6.07, 6.45) is 8.47. The number of carbonyl (C=O) groups excluding carboxylic acids is 1. The summed E-state index contributed by atoms with van der Waals surface area (Å²) in [6.45, 7) is 4.09. The lowest BCUT2D eigenvalue weighted by Crippen LogP contribution is -2.50. The fourth-order valence-electron chi connectivity index (χ4n) is 4.77. The number of rotatable bonds is 4. The Morgan fingerprint density at radius 3 is 2.18 bits per heavy atom. The molecule has 1 aromatic carbocycles. The Hall–Kier alpha value is -1.44. The van der Waals surface area contributed by atoms with Gasteiger partial charge in [0.2, 0.25) is 15.9 Å². The maximum atomic E-state index is 13.2. The van der Waals surface area contributed by atoms with E-state index in [0.717, 1.165) is 38.0 Å². The third kappa shape index (κ3) is 4.11. The zero-order valence-electron chi connectivity index (χ0n) is 16.6. The van der Waals surface area contributed by atoms with Crippen LogP contribution in [0.5, 0.6) is 0 Å². The van der Waals surface area contributed by atoms with Crippen molar-refractivity contribution < 1.29 is 13.2 Å². The van der Waals surface area contributed by atoms with Gasteiger partial charge in [0.15, 0.2) is 0 Å². The number of hydrogen-bond acceptors (Lipinski definition) is 4. The van der Waals surface area contributed by atoms with Crippen molar-refractivity contribution in [2.75, 3.05) is 37.6 Å². The van der Waals surface area contributed by atoms with E-state index in [2.05, 4.69) is 4.90 Å². The standard InChI is InChI=1S/C21H31N3O3S/c25-21-8-6-16-24(21)18-9-11-20(12-10-18)28(26,27)23-15-5-7-19(17-23)22-13-3-1-2-4-14-22/h9-12,19H,1-8,13-17H2. The van der Waals surface area contributed by atoms with Gasteiger partial charge in [-0.2, -0.15) is 4.31 Å². The molecule has 1 unspecified atom stereocenters. The molecule has 0 N–H and O–H groups in total. The molecule has 0 saturated carbocycles. The average molecular weight is 406 g/mol. The number of piperidine rings is 1. The molecule has 28 heavy (non-hydrogen) atoms. The molecule has 154 valence electrons. The van der Waals surface area contributed by atoms with Crippen molar-refractivity contribution in [3.8, 4) is 0 Å². The molecule has 0 radical (unpaired) electrons. The van der Waals surface area contributed by atoms with E-state index in [-0.39, 0.29) is 5.91 Å². The Labute approximate surface area is 168 Å². The molecule has 1 aromatic rings. The van der Waals surface area contributed by atoms with Crippen LogP contribution < -0.4 is 4.90 Å². The second-order valence-corrected chi connectivity index (χ2v) is 10.2. The number of nitrogens with zero attached hydrogens (tertiary/aromatic N) is 3. The lowest BCUT2D eigenvalue weighted by Gasteiger charge is -2.38. The second-order valence-electron chi connectivity index (χ2n) is 8.25. The van der Waals surface area contributed by atoms with Crippen LogP contribution in [0.15, 0.2) is 29.2 Å². The number of carbonyl (C=O) groups is 1. The van der Waals surface area contributed by atoms with Crippen LogP contribution >= 0.6 is 0 Å². The van der Waals surface area contributed by atoms with E-state index in [0.29, 0.717) is 37.0 Å². The van der Waals surface area contributed by atoms with Gasteiger partial charge < -0.3 is 4.90 Å². The molecule has 0 aromatic heterocycles. The van der Waals surface area contributed by atoms with Crippen LogP contribution in [0.2, 0.25) is 0 Å². The molecule has 1 atom stereocenters. The molecule has 4 rings (SSSR count). The van der Waals surface area contributed by atoms with Crippen molar-refractivity contribution in [1.82, 2.24) is 9.21 Å². The van der Waals surface area contributed by atoms with Gasteiger partial charge in [-0.1, -0.05) is 12.8 Å². The SMILES string of the molecule is O=C1CCCN1c1ccc(S(=O)(=O)N2CCCC(N3CCCCCC3)C2)cc1. The number of hydrogen-bond donors (Lipinski definition) is 0. The van der Waals surface area contributed by atoms with Crippen LogP contribution in [0.4, 0.5) is 5.69 Å². The van der Waals surface area contributed by atoms with Crippen LogP contribution in [-0.2, 0) is 14.8 Å². The molecule has 3 fully saturated rings. The number of amides is 1. The smallest absolute Gasteiger partial charge is 0.243 e. The first-order valence-electron chi connectivity index (χ1n) is 10.7. The lowest BCUT2D eigenvalue weighted by molar-refractivity contribution is -0.117. The normalized spacial score (nSPS) is 25.8. The Bertz CT molecular complexity index is 786. The molecule has 3 aliphatic rings. The maximum absolute atomic E-state index is 13.2. The minimum absolute atomic E-state index is 0.118. The van der Waals surface area contributed by atoms with Gasteiger partial charge in [-0.05, 0) is 69.5 Å². The summed E-state index contributed by atoms with van der Waals surface area (Å²) in [5.74, 6) is 0.118. The highest BCUT2D eigenvalue weighted by molar-refractivity contribution is 7.89. The summed E-state index contributed by atoms with van der Waals surface area (Å²) in [7, 11) is -3.49. The molecule has 1 amide bonds. The molecular formula is C21H31N3O3S. The minimum atomic E-state index is -3.49. The summed E-state index contributed by atoms with van der Waals surface area (Å²) in [6, 6.07) is 7.19. The maximum Gasteiger partial charge on any atom is 0.243 e. The van der Waals surface area contributed by atoms with Crippen LogP contribution in [0.1, 0.15) is 51.4 Å². The Kier molecular flexibility index (Phi) is 6.04. The third-order valence-electron chi connectivity index (χ3n) is 6.38. The van der Waals surface area contributed by atoms with E-state index in [1.54, 1.807) is 33.5 Å². The van der Waals surface area contributed by atoms with Crippen molar-refractivity contribution in [2.45, 2.75) is 62.3 Å². The second kappa shape index (κ2) is 8.51. The highest BCUT2D eigenvalue weighted by atomic mass is 32.2. The largest absolute Gasteiger partial charge is 0.312 e. The molecular weight excluding hydrogens is 374 g/mol. The van der Waals surface area contributed by atoms with Crippen molar-refractivity contribution in [3.05, 3.63) is 24.3 Å². The van der Waals surface area contributed by atoms with Crippen LogP contribution in [-0.4, -0.2) is 62.3 Å². The Morgan fingerprint density at radius 2 is 1.54 bits per heavy atom. The van der Waals surface area contributed by atoms with Gasteiger partial charge in [0.1, 0.15) is 0 Å². The highest BCUT2D eigenvalue weighted by Crippen LogP contribution is 2.27. The van der Waals surface area contributed by atoms with Gasteiger partial charge in [0, 0.05) is 37.8 Å². The van der Waals surface area contributed by atoms with Gasteiger partial charge in [0.05, 0.1) is 4.90 Å². The van der Waals surface area contributed by atoms with Crippen molar-refractivity contribution in [1.29, 1.82) is 0 Å². The quantitative estimate of drug-likeness (QED) is 0.773. The first-order valence-corrected chi connectivity index (χ1v) is 12.1.